The second kappa shape index (κ2) is 7.78. The van der Waals surface area contributed by atoms with Crippen LogP contribution in [0, 0.1) is 0 Å². The highest BCUT2D eigenvalue weighted by Gasteiger charge is 2.27. The van der Waals surface area contributed by atoms with E-state index in [0.29, 0.717) is 6.04 Å². The highest BCUT2D eigenvalue weighted by Crippen LogP contribution is 2.36. The molecule has 4 aromatic heterocycles. The van der Waals surface area contributed by atoms with Crippen LogP contribution < -0.4 is 10.1 Å². The second-order valence-electron chi connectivity index (χ2n) is 7.77. The molecule has 0 aliphatic heterocycles. The van der Waals surface area contributed by atoms with Crippen molar-refractivity contribution in [3.63, 3.8) is 0 Å². The molecule has 8 nitrogen and oxygen atoms in total. The molecule has 0 aromatic carbocycles. The number of anilines is 1. The average molecular weight is 403 g/mol. The molecule has 4 heterocycles. The molecule has 5 rings (SSSR count). The number of aromatic nitrogens is 6. The molecule has 0 radical (unpaired) electrons. The fraction of sp³-hybridized carbons (Fsp3) is 0.364. The minimum Gasteiger partial charge on any atom is -0.489 e. The van der Waals surface area contributed by atoms with Crippen LogP contribution in [-0.4, -0.2) is 42.7 Å². The van der Waals surface area contributed by atoms with Crippen LogP contribution in [0.15, 0.2) is 49.2 Å². The fourth-order valence-electron chi connectivity index (χ4n) is 4.22. The molecule has 1 N–H and O–H groups in total. The first-order chi connectivity index (χ1) is 14.7. The van der Waals surface area contributed by atoms with Crippen molar-refractivity contribution in [1.29, 1.82) is 0 Å². The minimum absolute atomic E-state index is 0.222. The summed E-state index contributed by atoms with van der Waals surface area (Å²) in [5, 5.41) is 13.5. The zero-order chi connectivity index (χ0) is 20.5. The molecule has 0 unspecified atom stereocenters. The summed E-state index contributed by atoms with van der Waals surface area (Å²) in [4.78, 5) is 8.66. The maximum atomic E-state index is 6.12. The first-order valence-electron chi connectivity index (χ1n) is 10.3. The number of hydrogen-bond acceptors (Lipinski definition) is 6. The lowest BCUT2D eigenvalue weighted by Gasteiger charge is -2.29. The van der Waals surface area contributed by atoms with Gasteiger partial charge in [-0.05, 0) is 37.8 Å². The zero-order valence-electron chi connectivity index (χ0n) is 17.2. The van der Waals surface area contributed by atoms with Crippen molar-refractivity contribution in [2.45, 2.75) is 37.8 Å². The smallest absolute Gasteiger partial charge is 0.137 e. The summed E-state index contributed by atoms with van der Waals surface area (Å²) in [5.41, 5.74) is 3.04. The Morgan fingerprint density at radius 1 is 1.13 bits per heavy atom. The Morgan fingerprint density at radius 3 is 2.70 bits per heavy atom. The lowest BCUT2D eigenvalue weighted by Crippen LogP contribution is -2.26. The van der Waals surface area contributed by atoms with Gasteiger partial charge in [0, 0.05) is 49.7 Å². The van der Waals surface area contributed by atoms with Crippen molar-refractivity contribution in [2.75, 3.05) is 12.4 Å². The number of rotatable bonds is 5. The maximum absolute atomic E-state index is 6.12. The Labute approximate surface area is 174 Å². The van der Waals surface area contributed by atoms with Gasteiger partial charge in [-0.2, -0.15) is 10.2 Å². The molecular formula is C22H25N7O. The molecule has 154 valence electrons. The highest BCUT2D eigenvalue weighted by atomic mass is 16.5. The van der Waals surface area contributed by atoms with E-state index in [1.807, 2.05) is 44.8 Å². The van der Waals surface area contributed by atoms with E-state index in [0.717, 1.165) is 59.4 Å². The van der Waals surface area contributed by atoms with Crippen molar-refractivity contribution in [2.24, 2.45) is 7.05 Å². The van der Waals surface area contributed by atoms with Crippen LogP contribution in [-0.2, 0) is 7.05 Å². The van der Waals surface area contributed by atoms with Gasteiger partial charge in [0.05, 0.1) is 30.1 Å². The van der Waals surface area contributed by atoms with E-state index in [1.165, 1.54) is 0 Å². The monoisotopic (exact) mass is 403 g/mol. The van der Waals surface area contributed by atoms with E-state index in [1.54, 1.807) is 17.1 Å². The third-order valence-corrected chi connectivity index (χ3v) is 5.75. The summed E-state index contributed by atoms with van der Waals surface area (Å²) < 4.78 is 10.1. The first-order valence-corrected chi connectivity index (χ1v) is 10.3. The van der Waals surface area contributed by atoms with E-state index in [-0.39, 0.29) is 6.10 Å². The number of fused-ring (bicyclic) bond motifs is 1. The zero-order valence-corrected chi connectivity index (χ0v) is 17.2. The third-order valence-electron chi connectivity index (χ3n) is 5.75. The van der Waals surface area contributed by atoms with Crippen LogP contribution in [0.25, 0.3) is 22.2 Å². The predicted molar refractivity (Wildman–Crippen MR) is 115 cm³/mol. The molecule has 8 heteroatoms. The lowest BCUT2D eigenvalue weighted by molar-refractivity contribution is 0.130. The van der Waals surface area contributed by atoms with Crippen molar-refractivity contribution in [1.82, 2.24) is 29.5 Å². The highest BCUT2D eigenvalue weighted by molar-refractivity contribution is 5.93. The van der Waals surface area contributed by atoms with Crippen molar-refractivity contribution < 1.29 is 4.74 Å². The average Bonchev–Trinajstić information content (AvgIpc) is 3.38. The SMILES string of the molecule is CNc1cc2c(cn1)c(-c1cnn(C)c1)nn2[C@H]1CC[C@@H](Oc2cccnc2)CC1. The standard InChI is InChI=1S/C22H25N7O/c1-23-21-10-20-19(13-25-21)22(15-11-26-28(2)14-15)27-29(20)16-5-7-17(8-6-16)30-18-4-3-9-24-12-18/h3-4,9-14,16-17H,5-8H2,1-2H3,(H,23,25)/t16-,17+. The molecule has 0 atom stereocenters. The van der Waals surface area contributed by atoms with E-state index >= 15 is 0 Å². The van der Waals surface area contributed by atoms with Crippen LogP contribution in [0.1, 0.15) is 31.7 Å². The van der Waals surface area contributed by atoms with Gasteiger partial charge in [-0.25, -0.2) is 4.98 Å². The lowest BCUT2D eigenvalue weighted by atomic mass is 9.93. The Bertz CT molecular complexity index is 1140. The summed E-state index contributed by atoms with van der Waals surface area (Å²) in [6.07, 6.45) is 13.6. The molecule has 1 aliphatic rings. The molecular weight excluding hydrogens is 378 g/mol. The van der Waals surface area contributed by atoms with Gasteiger partial charge in [-0.15, -0.1) is 0 Å². The van der Waals surface area contributed by atoms with Crippen LogP contribution in [0.3, 0.4) is 0 Å². The molecule has 0 spiro atoms. The molecule has 1 fully saturated rings. The summed E-state index contributed by atoms with van der Waals surface area (Å²) in [5.74, 6) is 1.68. The van der Waals surface area contributed by atoms with E-state index in [9.17, 15) is 0 Å². The Morgan fingerprint density at radius 2 is 2.00 bits per heavy atom. The van der Waals surface area contributed by atoms with Crippen LogP contribution in [0.5, 0.6) is 5.75 Å². The number of hydrogen-bond donors (Lipinski definition) is 1. The van der Waals surface area contributed by atoms with E-state index in [4.69, 9.17) is 9.84 Å². The fourth-order valence-corrected chi connectivity index (χ4v) is 4.22. The maximum Gasteiger partial charge on any atom is 0.137 e. The molecule has 0 amide bonds. The molecule has 1 saturated carbocycles. The van der Waals surface area contributed by atoms with E-state index < -0.39 is 0 Å². The summed E-state index contributed by atoms with van der Waals surface area (Å²) >= 11 is 0. The Kier molecular flexibility index (Phi) is 4.82. The normalized spacial score (nSPS) is 19.1. The van der Waals surface area contributed by atoms with Crippen molar-refractivity contribution >= 4 is 16.7 Å². The van der Waals surface area contributed by atoms with Gasteiger partial charge in [-0.1, -0.05) is 0 Å². The summed E-state index contributed by atoms with van der Waals surface area (Å²) in [6.45, 7) is 0. The van der Waals surface area contributed by atoms with Gasteiger partial charge < -0.3 is 10.1 Å². The van der Waals surface area contributed by atoms with Gasteiger partial charge in [0.25, 0.3) is 0 Å². The van der Waals surface area contributed by atoms with Crippen LogP contribution in [0.2, 0.25) is 0 Å². The molecule has 0 saturated heterocycles. The van der Waals surface area contributed by atoms with Crippen LogP contribution >= 0.6 is 0 Å². The second-order valence-corrected chi connectivity index (χ2v) is 7.77. The third kappa shape index (κ3) is 3.49. The van der Waals surface area contributed by atoms with Crippen molar-refractivity contribution in [3.05, 3.63) is 49.2 Å². The minimum atomic E-state index is 0.222. The summed E-state index contributed by atoms with van der Waals surface area (Å²) in [6, 6.07) is 6.29. The van der Waals surface area contributed by atoms with Gasteiger partial charge in [-0.3, -0.25) is 14.3 Å². The predicted octanol–water partition coefficient (Wildman–Crippen LogP) is 3.83. The molecule has 4 aromatic rings. The van der Waals surface area contributed by atoms with Gasteiger partial charge in [0.15, 0.2) is 0 Å². The Hall–Kier alpha value is -3.42. The molecule has 30 heavy (non-hydrogen) atoms. The van der Waals surface area contributed by atoms with Gasteiger partial charge in [0.2, 0.25) is 0 Å². The topological polar surface area (TPSA) is 82.7 Å². The number of ether oxygens (including phenoxy) is 1. The molecule has 0 bridgehead atoms. The molecule has 1 aliphatic carbocycles. The largest absolute Gasteiger partial charge is 0.489 e. The van der Waals surface area contributed by atoms with E-state index in [2.05, 4.69) is 31.1 Å². The number of aryl methyl sites for hydroxylation is 1. The number of nitrogens with one attached hydrogen (secondary N) is 1. The number of pyridine rings is 2. The first kappa shape index (κ1) is 18.6. The van der Waals surface area contributed by atoms with Gasteiger partial charge in [0.1, 0.15) is 17.3 Å². The number of nitrogens with zero attached hydrogens (tertiary/aromatic N) is 6. The Balaban J connectivity index is 1.42. The van der Waals surface area contributed by atoms with Crippen molar-refractivity contribution in [3.8, 4) is 17.0 Å². The quantitative estimate of drug-likeness (QED) is 0.545. The van der Waals surface area contributed by atoms with Crippen LogP contribution in [0.4, 0.5) is 5.82 Å². The van der Waals surface area contributed by atoms with Gasteiger partial charge >= 0.3 is 0 Å². The summed E-state index contributed by atoms with van der Waals surface area (Å²) in [7, 11) is 3.81.